The largest absolute Gasteiger partial charge is 0.340 e. The van der Waals surface area contributed by atoms with Crippen LogP contribution in [0.4, 0.5) is 0 Å². The van der Waals surface area contributed by atoms with Gasteiger partial charge in [0, 0.05) is 21.0 Å². The summed E-state index contributed by atoms with van der Waals surface area (Å²) < 4.78 is 7.72. The fourth-order valence-corrected chi connectivity index (χ4v) is 0.518. The van der Waals surface area contributed by atoms with Crippen LogP contribution in [0.5, 0.6) is 0 Å². The van der Waals surface area contributed by atoms with Crippen LogP contribution in [0, 0.1) is 3.56 Å². The molecular weight excluding hydrogens is 179 g/mol. The molecule has 0 saturated heterocycles. The average Bonchev–Trinajstić information content (AvgIpc) is 1.41. The zero-order valence-electron chi connectivity index (χ0n) is 3.16. The van der Waals surface area contributed by atoms with Crippen molar-refractivity contribution in [2.45, 2.75) is 0 Å². The van der Waals surface area contributed by atoms with Gasteiger partial charge in [-0.15, -0.1) is 0 Å². The van der Waals surface area contributed by atoms with Crippen molar-refractivity contribution in [3.8, 4) is 0 Å². The third kappa shape index (κ3) is 4.49. The molecule has 0 rings (SSSR count). The van der Waals surface area contributed by atoms with E-state index in [0.717, 1.165) is 4.55 Å². The summed E-state index contributed by atoms with van der Waals surface area (Å²) in [6, 6.07) is 0. The first-order chi connectivity index (χ1) is 2.41. The molecule has 0 saturated carbocycles. The molecule has 0 aliphatic rings. The van der Waals surface area contributed by atoms with Crippen LogP contribution >= 0.6 is 21.0 Å². The minimum absolute atomic E-state index is 0.198. The lowest BCUT2D eigenvalue weighted by Gasteiger charge is -1.74. The quantitative estimate of drug-likeness (QED) is 0.343. The van der Waals surface area contributed by atoms with Gasteiger partial charge in [0.2, 0.25) is 0 Å². The van der Waals surface area contributed by atoms with E-state index < -0.39 is 0 Å². The second-order valence-corrected chi connectivity index (χ2v) is 2.34. The molecular formula is C2H8IN2+. The third-order valence-electron chi connectivity index (χ3n) is 0.231. The molecule has 0 bridgehead atoms. The minimum atomic E-state index is -0.198. The number of nitrogens with two attached hydrogens (primary N) is 1. The summed E-state index contributed by atoms with van der Waals surface area (Å²) in [7, 11) is 1.99. The monoisotopic (exact) mass is 187 g/mol. The van der Waals surface area contributed by atoms with E-state index in [1.807, 2.05) is 12.4 Å². The molecule has 0 atom stereocenters. The van der Waals surface area contributed by atoms with Crippen LogP contribution < -0.4 is 5.32 Å². The van der Waals surface area contributed by atoms with Gasteiger partial charge in [0.05, 0.1) is 7.05 Å². The SMILES string of the molecule is C[NH2+]CI=N. The Morgan fingerprint density at radius 2 is 2.60 bits per heavy atom. The predicted molar refractivity (Wildman–Crippen MR) is 29.5 cm³/mol. The van der Waals surface area contributed by atoms with Gasteiger partial charge in [-0.25, -0.2) is 0 Å². The van der Waals surface area contributed by atoms with E-state index in [-0.39, 0.29) is 21.0 Å². The Bertz CT molecular complexity index is 28.8. The fourth-order valence-electron chi connectivity index (χ4n) is 0.0772. The van der Waals surface area contributed by atoms with E-state index in [9.17, 15) is 0 Å². The van der Waals surface area contributed by atoms with Gasteiger partial charge in [-0.05, 0) is 0 Å². The molecule has 5 heavy (non-hydrogen) atoms. The maximum Gasteiger partial charge on any atom is 0.137 e. The fraction of sp³-hybridized carbons (Fsp3) is 1.00. The number of halogens is 1. The molecule has 0 fully saturated rings. The highest BCUT2D eigenvalue weighted by Gasteiger charge is 1.64. The highest BCUT2D eigenvalue weighted by atomic mass is 127. The Hall–Kier alpha value is 0.490. The summed E-state index contributed by atoms with van der Waals surface area (Å²) in [6.45, 7) is 0. The summed E-state index contributed by atoms with van der Waals surface area (Å²) in [6.07, 6.45) is 0. The zero-order valence-corrected chi connectivity index (χ0v) is 5.32. The molecule has 0 aliphatic heterocycles. The van der Waals surface area contributed by atoms with Gasteiger partial charge in [-0.3, -0.25) is 3.56 Å². The number of rotatable bonds is 2. The van der Waals surface area contributed by atoms with E-state index in [1.54, 1.807) is 0 Å². The van der Waals surface area contributed by atoms with Gasteiger partial charge in [0.1, 0.15) is 4.55 Å². The van der Waals surface area contributed by atoms with Crippen LogP contribution in [-0.2, 0) is 0 Å². The van der Waals surface area contributed by atoms with Crippen molar-refractivity contribution in [1.29, 1.82) is 3.56 Å². The van der Waals surface area contributed by atoms with Crippen molar-refractivity contribution in [2.24, 2.45) is 0 Å². The molecule has 0 amide bonds. The van der Waals surface area contributed by atoms with Gasteiger partial charge < -0.3 is 5.32 Å². The molecule has 3 heteroatoms. The minimum Gasteiger partial charge on any atom is -0.340 e. The topological polar surface area (TPSA) is 40.5 Å². The van der Waals surface area contributed by atoms with Crippen molar-refractivity contribution in [1.82, 2.24) is 0 Å². The Morgan fingerprint density at radius 3 is 2.60 bits per heavy atom. The third-order valence-corrected chi connectivity index (χ3v) is 1.55. The zero-order chi connectivity index (χ0) is 4.12. The van der Waals surface area contributed by atoms with E-state index in [1.165, 1.54) is 0 Å². The van der Waals surface area contributed by atoms with Crippen LogP contribution in [0.2, 0.25) is 0 Å². The Kier molecular flexibility index (Phi) is 4.93. The predicted octanol–water partition coefficient (Wildman–Crippen LogP) is -0.130. The van der Waals surface area contributed by atoms with Gasteiger partial charge in [0.25, 0.3) is 0 Å². The first kappa shape index (κ1) is 5.49. The van der Waals surface area contributed by atoms with E-state index >= 15 is 0 Å². The van der Waals surface area contributed by atoms with Gasteiger partial charge in [-0.2, -0.15) is 0 Å². The first-order valence-corrected chi connectivity index (χ1v) is 4.05. The summed E-state index contributed by atoms with van der Waals surface area (Å²) in [5.41, 5.74) is 0. The molecule has 0 spiro atoms. The Labute approximate surface area is 41.9 Å². The standard InChI is InChI=1S/C2H7IN2/c1-5-2-3-4/h4-5H,2H2,1H3/p+1. The molecule has 32 valence electrons. The summed E-state index contributed by atoms with van der Waals surface area (Å²) in [4.78, 5) is 0. The van der Waals surface area contributed by atoms with Crippen LogP contribution in [0.1, 0.15) is 0 Å². The van der Waals surface area contributed by atoms with Crippen molar-refractivity contribution in [3.05, 3.63) is 0 Å². The number of hydrogen-bond acceptors (Lipinski definition) is 1. The van der Waals surface area contributed by atoms with Gasteiger partial charge >= 0.3 is 0 Å². The van der Waals surface area contributed by atoms with Gasteiger partial charge in [0.15, 0.2) is 0 Å². The number of quaternary nitrogens is 1. The second-order valence-electron chi connectivity index (χ2n) is 0.696. The summed E-state index contributed by atoms with van der Waals surface area (Å²) >= 11 is -0.198. The maximum atomic E-state index is 6.68. The molecule has 0 aromatic carbocycles. The smallest absolute Gasteiger partial charge is 0.137 e. The van der Waals surface area contributed by atoms with Crippen LogP contribution in [0.3, 0.4) is 0 Å². The average molecular weight is 187 g/mol. The summed E-state index contributed by atoms with van der Waals surface area (Å²) in [5.74, 6) is 0. The highest BCUT2D eigenvalue weighted by Crippen LogP contribution is 1.78. The van der Waals surface area contributed by atoms with Crippen LogP contribution in [0.15, 0.2) is 0 Å². The normalized spacial score (nSPS) is 8.20. The molecule has 0 aliphatic carbocycles. The van der Waals surface area contributed by atoms with E-state index in [2.05, 4.69) is 0 Å². The Balaban J connectivity index is 2.40. The second kappa shape index (κ2) is 4.49. The van der Waals surface area contributed by atoms with Crippen LogP contribution in [0.25, 0.3) is 0 Å². The number of hydrogen-bond donors (Lipinski definition) is 2. The lowest BCUT2D eigenvalue weighted by Crippen LogP contribution is -2.78. The van der Waals surface area contributed by atoms with E-state index in [4.69, 9.17) is 3.56 Å². The Morgan fingerprint density at radius 1 is 2.00 bits per heavy atom. The molecule has 3 N–H and O–H groups in total. The van der Waals surface area contributed by atoms with Crippen LogP contribution in [-0.4, -0.2) is 11.6 Å². The lowest BCUT2D eigenvalue weighted by molar-refractivity contribution is -0.602. The molecule has 0 aromatic rings. The van der Waals surface area contributed by atoms with Crippen molar-refractivity contribution in [3.63, 3.8) is 0 Å². The van der Waals surface area contributed by atoms with Gasteiger partial charge in [-0.1, -0.05) is 0 Å². The molecule has 0 heterocycles. The number of alkyl halides is 1. The summed E-state index contributed by atoms with van der Waals surface area (Å²) in [5, 5.41) is 2.04. The van der Waals surface area contributed by atoms with Crippen molar-refractivity contribution >= 4 is 21.0 Å². The van der Waals surface area contributed by atoms with Crippen molar-refractivity contribution < 1.29 is 5.32 Å². The maximum absolute atomic E-state index is 6.68. The molecule has 0 aromatic heterocycles. The first-order valence-electron chi connectivity index (χ1n) is 1.44. The van der Waals surface area contributed by atoms with E-state index in [0.29, 0.717) is 0 Å². The lowest BCUT2D eigenvalue weighted by atomic mass is 11.3. The molecule has 2 nitrogen and oxygen atoms in total. The number of nitrogens with one attached hydrogen (secondary N) is 1. The van der Waals surface area contributed by atoms with Crippen molar-refractivity contribution in [2.75, 3.05) is 11.6 Å². The highest BCUT2D eigenvalue weighted by molar-refractivity contribution is 14.1. The molecule has 0 radical (unpaired) electrons. The molecule has 0 unspecified atom stereocenters.